The Morgan fingerprint density at radius 1 is 1.00 bits per heavy atom. The van der Waals surface area contributed by atoms with Gasteiger partial charge in [-0.3, -0.25) is 15.4 Å². The molecule has 1 fully saturated rings. The summed E-state index contributed by atoms with van der Waals surface area (Å²) in [6.45, 7) is 4.20. The minimum Gasteiger partial charge on any atom is -0.270 e. The van der Waals surface area contributed by atoms with Crippen LogP contribution in [-0.4, -0.2) is 37.4 Å². The fourth-order valence-corrected chi connectivity index (χ4v) is 5.08. The van der Waals surface area contributed by atoms with Gasteiger partial charge in [0.25, 0.3) is 0 Å². The largest absolute Gasteiger partial charge is 0.270 e. The van der Waals surface area contributed by atoms with Crippen LogP contribution in [0.3, 0.4) is 0 Å². The van der Waals surface area contributed by atoms with Gasteiger partial charge in [0, 0.05) is 43.7 Å². The average Bonchev–Trinajstić information content (AvgIpc) is 3.32. The standard InChI is InChI=1S/C27H30N6/c1-28-26(32-29-2)24-18-31-33-25(22-11-7-4-8-12-22)23(17-30-27(24)33)21-15-13-20(14-16-21)19-9-5-3-6-10-19/h3,5-6,9-10,13-17,22,31H,2,4,7-8,11-12,18H2,1H3,(H,28,32). The molecule has 168 valence electrons. The smallest absolute Gasteiger partial charge is 0.155 e. The lowest BCUT2D eigenvalue weighted by Gasteiger charge is -2.35. The van der Waals surface area contributed by atoms with Gasteiger partial charge >= 0.3 is 0 Å². The monoisotopic (exact) mass is 438 g/mol. The third-order valence-corrected chi connectivity index (χ3v) is 6.72. The number of hydrogen-bond donors (Lipinski definition) is 2. The number of hydrazone groups is 1. The summed E-state index contributed by atoms with van der Waals surface area (Å²) in [7, 11) is 1.76. The van der Waals surface area contributed by atoms with E-state index >= 15 is 0 Å². The highest BCUT2D eigenvalue weighted by atomic mass is 15.6. The molecular formula is C27H30N6. The zero-order valence-electron chi connectivity index (χ0n) is 19.1. The van der Waals surface area contributed by atoms with Crippen molar-refractivity contribution in [2.24, 2.45) is 21.0 Å². The first-order valence-corrected chi connectivity index (χ1v) is 11.7. The van der Waals surface area contributed by atoms with Crippen LogP contribution in [0, 0.1) is 5.92 Å². The topological polar surface area (TPSA) is 64.4 Å². The molecule has 5 rings (SSSR count). The zero-order chi connectivity index (χ0) is 22.6. The molecule has 0 bridgehead atoms. The second kappa shape index (κ2) is 9.55. The molecule has 2 heterocycles. The Morgan fingerprint density at radius 2 is 1.70 bits per heavy atom. The maximum absolute atomic E-state index is 4.88. The van der Waals surface area contributed by atoms with E-state index in [2.05, 4.69) is 87.3 Å². The molecule has 1 saturated carbocycles. The SMILES string of the molecule is C=NNC(=NC)C1=C2N=CC(c3ccc(-c4ccccc4)cc3)=C(C3CCCCC3)N2NC1. The Balaban J connectivity index is 1.55. The average molecular weight is 439 g/mol. The lowest BCUT2D eigenvalue weighted by molar-refractivity contribution is 0.271. The van der Waals surface area contributed by atoms with E-state index in [1.807, 2.05) is 6.21 Å². The summed E-state index contributed by atoms with van der Waals surface area (Å²) < 4.78 is 0. The Morgan fingerprint density at radius 3 is 2.39 bits per heavy atom. The minimum atomic E-state index is 0.503. The number of hydrazine groups is 1. The van der Waals surface area contributed by atoms with Gasteiger partial charge in [-0.15, -0.1) is 0 Å². The van der Waals surface area contributed by atoms with Crippen LogP contribution in [0.2, 0.25) is 0 Å². The van der Waals surface area contributed by atoms with Crippen LogP contribution in [-0.2, 0) is 0 Å². The molecule has 3 aliphatic rings. The number of allylic oxidation sites excluding steroid dienone is 2. The van der Waals surface area contributed by atoms with Gasteiger partial charge in [0.1, 0.15) is 5.84 Å². The van der Waals surface area contributed by atoms with Crippen molar-refractivity contribution in [3.05, 3.63) is 77.3 Å². The van der Waals surface area contributed by atoms with E-state index < -0.39 is 0 Å². The van der Waals surface area contributed by atoms with Crippen molar-refractivity contribution in [1.82, 2.24) is 15.9 Å². The maximum atomic E-state index is 4.88. The van der Waals surface area contributed by atoms with Gasteiger partial charge in [0.05, 0.1) is 5.57 Å². The van der Waals surface area contributed by atoms with Crippen molar-refractivity contribution in [1.29, 1.82) is 0 Å². The number of nitrogens with zero attached hydrogens (tertiary/aromatic N) is 4. The summed E-state index contributed by atoms with van der Waals surface area (Å²) in [6.07, 6.45) is 8.31. The molecule has 0 amide bonds. The Labute approximate surface area is 195 Å². The first-order valence-electron chi connectivity index (χ1n) is 11.7. The molecule has 33 heavy (non-hydrogen) atoms. The molecule has 6 heteroatoms. The van der Waals surface area contributed by atoms with Crippen molar-refractivity contribution >= 4 is 24.3 Å². The summed E-state index contributed by atoms with van der Waals surface area (Å²) in [5, 5.41) is 6.01. The van der Waals surface area contributed by atoms with Crippen LogP contribution in [0.5, 0.6) is 0 Å². The van der Waals surface area contributed by atoms with Crippen LogP contribution < -0.4 is 10.9 Å². The fraction of sp³-hybridized carbons (Fsp3) is 0.296. The fourth-order valence-electron chi connectivity index (χ4n) is 5.08. The first kappa shape index (κ1) is 21.3. The normalized spacial score (nSPS) is 19.2. The summed E-state index contributed by atoms with van der Waals surface area (Å²) in [5.74, 6) is 2.10. The van der Waals surface area contributed by atoms with Gasteiger partial charge in [-0.25, -0.2) is 10.4 Å². The van der Waals surface area contributed by atoms with Gasteiger partial charge in [0.15, 0.2) is 5.82 Å². The molecule has 2 N–H and O–H groups in total. The molecule has 0 atom stereocenters. The van der Waals surface area contributed by atoms with Crippen molar-refractivity contribution in [2.75, 3.05) is 13.6 Å². The van der Waals surface area contributed by atoms with Crippen LogP contribution in [0.15, 0.2) is 86.8 Å². The van der Waals surface area contributed by atoms with Crippen LogP contribution in [0.25, 0.3) is 16.7 Å². The van der Waals surface area contributed by atoms with Gasteiger partial charge in [0.2, 0.25) is 0 Å². The summed E-state index contributed by atoms with van der Waals surface area (Å²) in [6, 6.07) is 19.4. The number of rotatable bonds is 5. The van der Waals surface area contributed by atoms with E-state index in [0.717, 1.165) is 11.4 Å². The number of nitrogens with one attached hydrogen (secondary N) is 2. The molecular weight excluding hydrogens is 408 g/mol. The number of hydrogen-bond acceptors (Lipinski definition) is 5. The number of aliphatic imine (C=N–C) groups is 2. The predicted octanol–water partition coefficient (Wildman–Crippen LogP) is 4.99. The molecule has 0 unspecified atom stereocenters. The van der Waals surface area contributed by atoms with Gasteiger partial charge in [-0.1, -0.05) is 73.9 Å². The van der Waals surface area contributed by atoms with Crippen LogP contribution in [0.4, 0.5) is 0 Å². The van der Waals surface area contributed by atoms with E-state index in [-0.39, 0.29) is 0 Å². The lowest BCUT2D eigenvalue weighted by Crippen LogP contribution is -2.37. The summed E-state index contributed by atoms with van der Waals surface area (Å²) in [5.41, 5.74) is 13.7. The molecule has 0 spiro atoms. The van der Waals surface area contributed by atoms with E-state index in [0.29, 0.717) is 18.3 Å². The van der Waals surface area contributed by atoms with Gasteiger partial charge in [-0.2, -0.15) is 5.10 Å². The molecule has 0 radical (unpaired) electrons. The highest BCUT2D eigenvalue weighted by molar-refractivity contribution is 6.13. The molecule has 0 aromatic heterocycles. The second-order valence-electron chi connectivity index (χ2n) is 8.65. The Bertz CT molecular complexity index is 1130. The highest BCUT2D eigenvalue weighted by Crippen LogP contribution is 2.40. The van der Waals surface area contributed by atoms with E-state index in [1.165, 1.54) is 60.1 Å². The Kier molecular flexibility index (Phi) is 6.17. The van der Waals surface area contributed by atoms with Crippen LogP contribution >= 0.6 is 0 Å². The number of benzene rings is 2. The van der Waals surface area contributed by atoms with Gasteiger partial charge in [-0.05, 0) is 29.5 Å². The van der Waals surface area contributed by atoms with Crippen LogP contribution in [0.1, 0.15) is 37.7 Å². The molecule has 0 saturated heterocycles. The quantitative estimate of drug-likeness (QED) is 0.392. The second-order valence-corrected chi connectivity index (χ2v) is 8.65. The molecule has 6 nitrogen and oxygen atoms in total. The maximum Gasteiger partial charge on any atom is 0.155 e. The first-order chi connectivity index (χ1) is 16.3. The van der Waals surface area contributed by atoms with Crippen molar-refractivity contribution in [3.8, 4) is 11.1 Å². The third kappa shape index (κ3) is 4.14. The van der Waals surface area contributed by atoms with Gasteiger partial charge < -0.3 is 0 Å². The van der Waals surface area contributed by atoms with Crippen molar-refractivity contribution in [3.63, 3.8) is 0 Å². The highest BCUT2D eigenvalue weighted by Gasteiger charge is 2.35. The molecule has 2 aromatic carbocycles. The summed E-state index contributed by atoms with van der Waals surface area (Å²) in [4.78, 5) is 9.25. The zero-order valence-corrected chi connectivity index (χ0v) is 19.1. The molecule has 2 aliphatic heterocycles. The minimum absolute atomic E-state index is 0.503. The number of amidine groups is 1. The van der Waals surface area contributed by atoms with Crippen molar-refractivity contribution < 1.29 is 0 Å². The number of fused-ring (bicyclic) bond motifs is 1. The van der Waals surface area contributed by atoms with E-state index in [9.17, 15) is 0 Å². The van der Waals surface area contributed by atoms with E-state index in [1.54, 1.807) is 7.05 Å². The third-order valence-electron chi connectivity index (χ3n) is 6.72. The van der Waals surface area contributed by atoms with E-state index in [4.69, 9.17) is 4.99 Å². The molecule has 1 aliphatic carbocycles. The Hall–Kier alpha value is -3.51. The van der Waals surface area contributed by atoms with Crippen molar-refractivity contribution in [2.45, 2.75) is 32.1 Å². The summed E-state index contributed by atoms with van der Waals surface area (Å²) >= 11 is 0. The predicted molar refractivity (Wildman–Crippen MR) is 137 cm³/mol. The lowest BCUT2D eigenvalue weighted by atomic mass is 9.83. The molecule has 2 aromatic rings.